The molecule has 94 valence electrons. The smallest absolute Gasteiger partial charge is 0.273 e. The van der Waals surface area contributed by atoms with E-state index in [4.69, 9.17) is 0 Å². The first-order valence-electron chi connectivity index (χ1n) is 5.84. The molecule has 0 bridgehead atoms. The molecule has 1 fully saturated rings. The van der Waals surface area contributed by atoms with Gasteiger partial charge in [-0.25, -0.2) is 0 Å². The van der Waals surface area contributed by atoms with Crippen LogP contribution in [-0.2, 0) is 0 Å². The molecule has 2 N–H and O–H groups in total. The second-order valence-corrected chi connectivity index (χ2v) is 5.48. The number of rotatable bonds is 3. The standard InChI is InChI=1S/C12H13BrN4O/c1-7-5-14-16-11(7)15-12(18)10-4-8(13)6-17(10)9-2-3-9/h4-6,9H,2-3H2,1H3,(H2,14,15,16,18). The number of H-pyrrole nitrogens is 1. The Bertz CT molecular complexity index is 597. The van der Waals surface area contributed by atoms with Gasteiger partial charge in [-0.15, -0.1) is 0 Å². The van der Waals surface area contributed by atoms with Crippen molar-refractivity contribution in [2.75, 3.05) is 5.32 Å². The van der Waals surface area contributed by atoms with Crippen LogP contribution in [0.5, 0.6) is 0 Å². The minimum absolute atomic E-state index is 0.111. The highest BCUT2D eigenvalue weighted by molar-refractivity contribution is 9.10. The van der Waals surface area contributed by atoms with Gasteiger partial charge in [-0.05, 0) is 41.8 Å². The third kappa shape index (κ3) is 2.08. The monoisotopic (exact) mass is 308 g/mol. The number of halogens is 1. The van der Waals surface area contributed by atoms with E-state index in [1.807, 2.05) is 23.8 Å². The van der Waals surface area contributed by atoms with Crippen molar-refractivity contribution >= 4 is 27.7 Å². The molecule has 0 radical (unpaired) electrons. The zero-order valence-electron chi connectivity index (χ0n) is 9.90. The number of hydrogen-bond donors (Lipinski definition) is 2. The molecule has 0 atom stereocenters. The first-order chi connectivity index (χ1) is 8.65. The van der Waals surface area contributed by atoms with Gasteiger partial charge in [0, 0.05) is 22.3 Å². The average Bonchev–Trinajstić information content (AvgIpc) is 3.00. The molecule has 0 aromatic carbocycles. The van der Waals surface area contributed by atoms with Gasteiger partial charge >= 0.3 is 0 Å². The van der Waals surface area contributed by atoms with Crippen LogP contribution in [0.3, 0.4) is 0 Å². The summed E-state index contributed by atoms with van der Waals surface area (Å²) < 4.78 is 2.96. The fraction of sp³-hybridized carbons (Fsp3) is 0.333. The van der Waals surface area contributed by atoms with E-state index < -0.39 is 0 Å². The predicted molar refractivity (Wildman–Crippen MR) is 71.7 cm³/mol. The maximum atomic E-state index is 12.2. The lowest BCUT2D eigenvalue weighted by Crippen LogP contribution is -2.17. The second-order valence-electron chi connectivity index (χ2n) is 4.56. The number of carbonyl (C=O) groups is 1. The van der Waals surface area contributed by atoms with Crippen LogP contribution in [0.4, 0.5) is 5.82 Å². The topological polar surface area (TPSA) is 62.7 Å². The third-order valence-corrected chi connectivity index (χ3v) is 3.49. The molecule has 18 heavy (non-hydrogen) atoms. The van der Waals surface area contributed by atoms with Crippen molar-refractivity contribution in [3.63, 3.8) is 0 Å². The van der Waals surface area contributed by atoms with Crippen molar-refractivity contribution in [1.29, 1.82) is 0 Å². The molecule has 1 amide bonds. The van der Waals surface area contributed by atoms with Crippen molar-refractivity contribution in [2.24, 2.45) is 0 Å². The third-order valence-electron chi connectivity index (χ3n) is 3.06. The number of aromatic nitrogens is 3. The minimum Gasteiger partial charge on any atom is -0.339 e. The number of anilines is 1. The van der Waals surface area contributed by atoms with Crippen LogP contribution < -0.4 is 5.32 Å². The van der Waals surface area contributed by atoms with Crippen LogP contribution in [0.25, 0.3) is 0 Å². The molecular weight excluding hydrogens is 296 g/mol. The van der Waals surface area contributed by atoms with Gasteiger partial charge in [-0.1, -0.05) is 0 Å². The molecule has 1 aliphatic rings. The van der Waals surface area contributed by atoms with Gasteiger partial charge in [0.15, 0.2) is 0 Å². The molecule has 5 nitrogen and oxygen atoms in total. The molecule has 1 saturated carbocycles. The van der Waals surface area contributed by atoms with Gasteiger partial charge in [-0.2, -0.15) is 5.10 Å². The van der Waals surface area contributed by atoms with Crippen LogP contribution in [0.1, 0.15) is 34.9 Å². The summed E-state index contributed by atoms with van der Waals surface area (Å²) in [5, 5.41) is 9.51. The molecule has 2 aromatic heterocycles. The summed E-state index contributed by atoms with van der Waals surface area (Å²) in [4.78, 5) is 12.2. The van der Waals surface area contributed by atoms with Crippen molar-refractivity contribution < 1.29 is 4.79 Å². The number of nitrogens with one attached hydrogen (secondary N) is 2. The molecule has 0 spiro atoms. The highest BCUT2D eigenvalue weighted by atomic mass is 79.9. The number of aromatic amines is 1. The SMILES string of the molecule is Cc1cn[nH]c1NC(=O)c1cc(Br)cn1C1CC1. The summed E-state index contributed by atoms with van der Waals surface area (Å²) in [6.07, 6.45) is 5.94. The molecule has 0 unspecified atom stereocenters. The quantitative estimate of drug-likeness (QED) is 0.916. The maximum Gasteiger partial charge on any atom is 0.273 e. The normalized spacial score (nSPS) is 14.8. The fourth-order valence-corrected chi connectivity index (χ4v) is 2.37. The van der Waals surface area contributed by atoms with E-state index in [9.17, 15) is 4.79 Å². The van der Waals surface area contributed by atoms with E-state index in [0.717, 1.165) is 22.9 Å². The summed E-state index contributed by atoms with van der Waals surface area (Å²) in [7, 11) is 0. The van der Waals surface area contributed by atoms with Crippen LogP contribution in [-0.4, -0.2) is 20.7 Å². The molecular formula is C12H13BrN4O. The molecule has 2 heterocycles. The fourth-order valence-electron chi connectivity index (χ4n) is 1.93. The van der Waals surface area contributed by atoms with Crippen LogP contribution >= 0.6 is 15.9 Å². The van der Waals surface area contributed by atoms with Crippen LogP contribution in [0, 0.1) is 6.92 Å². The first-order valence-corrected chi connectivity index (χ1v) is 6.63. The zero-order valence-corrected chi connectivity index (χ0v) is 11.5. The number of aryl methyl sites for hydroxylation is 1. The number of carbonyl (C=O) groups excluding carboxylic acids is 1. The average molecular weight is 309 g/mol. The molecule has 1 aliphatic carbocycles. The van der Waals surface area contributed by atoms with Gasteiger partial charge < -0.3 is 9.88 Å². The highest BCUT2D eigenvalue weighted by Gasteiger charge is 2.27. The van der Waals surface area contributed by atoms with E-state index in [2.05, 4.69) is 31.4 Å². The van der Waals surface area contributed by atoms with E-state index >= 15 is 0 Å². The second kappa shape index (κ2) is 4.28. The van der Waals surface area contributed by atoms with E-state index in [1.165, 1.54) is 0 Å². The Morgan fingerprint density at radius 1 is 1.61 bits per heavy atom. The lowest BCUT2D eigenvalue weighted by atomic mass is 10.3. The zero-order chi connectivity index (χ0) is 12.7. The lowest BCUT2D eigenvalue weighted by Gasteiger charge is -2.07. The van der Waals surface area contributed by atoms with Crippen molar-refractivity contribution in [3.8, 4) is 0 Å². The van der Waals surface area contributed by atoms with Gasteiger partial charge in [0.25, 0.3) is 5.91 Å². The Labute approximate surface area is 113 Å². The van der Waals surface area contributed by atoms with E-state index in [0.29, 0.717) is 17.6 Å². The highest BCUT2D eigenvalue weighted by Crippen LogP contribution is 2.37. The summed E-state index contributed by atoms with van der Waals surface area (Å²) >= 11 is 3.42. The summed E-state index contributed by atoms with van der Waals surface area (Å²) in [6, 6.07) is 2.32. The van der Waals surface area contributed by atoms with Crippen LogP contribution in [0.2, 0.25) is 0 Å². The molecule has 0 aliphatic heterocycles. The van der Waals surface area contributed by atoms with Crippen LogP contribution in [0.15, 0.2) is 22.9 Å². The summed E-state index contributed by atoms with van der Waals surface area (Å²) in [5.74, 6) is 0.541. The largest absolute Gasteiger partial charge is 0.339 e. The number of hydrogen-bond acceptors (Lipinski definition) is 2. The minimum atomic E-state index is -0.111. The van der Waals surface area contributed by atoms with Crippen molar-refractivity contribution in [2.45, 2.75) is 25.8 Å². The van der Waals surface area contributed by atoms with Gasteiger partial charge in [0.1, 0.15) is 11.5 Å². The first kappa shape index (κ1) is 11.5. The van der Waals surface area contributed by atoms with Crippen molar-refractivity contribution in [3.05, 3.63) is 34.2 Å². The van der Waals surface area contributed by atoms with Gasteiger partial charge in [0.05, 0.1) is 6.20 Å². The van der Waals surface area contributed by atoms with E-state index in [1.54, 1.807) is 6.20 Å². The van der Waals surface area contributed by atoms with Gasteiger partial charge in [-0.3, -0.25) is 9.89 Å². The molecule has 0 saturated heterocycles. The Balaban J connectivity index is 1.86. The van der Waals surface area contributed by atoms with Gasteiger partial charge in [0.2, 0.25) is 0 Å². The number of amides is 1. The molecule has 3 rings (SSSR count). The lowest BCUT2D eigenvalue weighted by molar-refractivity contribution is 0.101. The molecule has 2 aromatic rings. The van der Waals surface area contributed by atoms with E-state index in [-0.39, 0.29) is 5.91 Å². The predicted octanol–water partition coefficient (Wildman–Crippen LogP) is 2.87. The Hall–Kier alpha value is -1.56. The summed E-state index contributed by atoms with van der Waals surface area (Å²) in [5.41, 5.74) is 1.60. The Morgan fingerprint density at radius 2 is 2.39 bits per heavy atom. The number of nitrogens with zero attached hydrogens (tertiary/aromatic N) is 2. The molecule has 6 heteroatoms. The van der Waals surface area contributed by atoms with Crippen molar-refractivity contribution in [1.82, 2.24) is 14.8 Å². The maximum absolute atomic E-state index is 12.2. The Kier molecular flexibility index (Phi) is 2.74. The summed E-state index contributed by atoms with van der Waals surface area (Å²) in [6.45, 7) is 1.90. The Morgan fingerprint density at radius 3 is 3.00 bits per heavy atom.